The second-order valence-corrected chi connectivity index (χ2v) is 5.52. The van der Waals surface area contributed by atoms with E-state index in [1.54, 1.807) is 31.4 Å². The minimum absolute atomic E-state index is 0.0501. The molecule has 0 radical (unpaired) electrons. The van der Waals surface area contributed by atoms with Gasteiger partial charge in [-0.15, -0.1) is 0 Å². The molecule has 0 bridgehead atoms. The molecule has 0 saturated heterocycles. The molecule has 23 heavy (non-hydrogen) atoms. The number of rotatable bonds is 4. The fraction of sp³-hybridized carbons (Fsp3) is 0.211. The van der Waals surface area contributed by atoms with Crippen molar-refractivity contribution in [1.29, 1.82) is 0 Å². The van der Waals surface area contributed by atoms with E-state index in [0.29, 0.717) is 5.69 Å². The Morgan fingerprint density at radius 1 is 1.13 bits per heavy atom. The average Bonchev–Trinajstić information content (AvgIpc) is 2.49. The number of phenolic OH excluding ortho intramolecular Hbond substituents is 1. The maximum absolute atomic E-state index is 12.1. The molecule has 4 nitrogen and oxygen atoms in total. The largest absolute Gasteiger partial charge is 0.506 e. The molecule has 4 heteroatoms. The van der Waals surface area contributed by atoms with Gasteiger partial charge in [-0.05, 0) is 73.4 Å². The Bertz CT molecular complexity index is 740. The minimum Gasteiger partial charge on any atom is -0.506 e. The number of aromatic hydroxyl groups is 1. The minimum atomic E-state index is -0.291. The molecule has 0 aliphatic heterocycles. The fourth-order valence-electron chi connectivity index (χ4n) is 2.40. The normalized spacial score (nSPS) is 10.8. The third-order valence-corrected chi connectivity index (χ3v) is 3.61. The van der Waals surface area contributed by atoms with Gasteiger partial charge in [0.05, 0.1) is 12.8 Å². The molecular formula is C19H21NO3. The average molecular weight is 311 g/mol. The van der Waals surface area contributed by atoms with E-state index in [4.69, 9.17) is 4.74 Å². The van der Waals surface area contributed by atoms with Gasteiger partial charge in [-0.25, -0.2) is 0 Å². The van der Waals surface area contributed by atoms with Crippen molar-refractivity contribution in [1.82, 2.24) is 0 Å². The van der Waals surface area contributed by atoms with Crippen LogP contribution in [0, 0.1) is 20.8 Å². The van der Waals surface area contributed by atoms with Gasteiger partial charge in [-0.3, -0.25) is 4.79 Å². The molecule has 0 aliphatic rings. The molecule has 0 unspecified atom stereocenters. The van der Waals surface area contributed by atoms with Crippen molar-refractivity contribution in [3.05, 3.63) is 58.7 Å². The Balaban J connectivity index is 2.17. The molecule has 2 aromatic rings. The number of amides is 1. The van der Waals surface area contributed by atoms with Crippen molar-refractivity contribution in [2.24, 2.45) is 0 Å². The van der Waals surface area contributed by atoms with Crippen molar-refractivity contribution < 1.29 is 14.6 Å². The first-order valence-electron chi connectivity index (χ1n) is 7.34. The van der Waals surface area contributed by atoms with Crippen molar-refractivity contribution >= 4 is 17.7 Å². The van der Waals surface area contributed by atoms with Crippen molar-refractivity contribution in [2.45, 2.75) is 20.8 Å². The lowest BCUT2D eigenvalue weighted by molar-refractivity contribution is -0.111. The number of nitrogens with one attached hydrogen (secondary N) is 1. The summed E-state index contributed by atoms with van der Waals surface area (Å²) in [4.78, 5) is 12.1. The van der Waals surface area contributed by atoms with Crippen molar-refractivity contribution in [2.75, 3.05) is 12.4 Å². The van der Waals surface area contributed by atoms with E-state index in [1.165, 1.54) is 6.08 Å². The van der Waals surface area contributed by atoms with Gasteiger partial charge in [0, 0.05) is 6.08 Å². The SMILES string of the molecule is COc1cc(C)c(/C=C/C(=O)Nc2cc(C)ccc2O)c(C)c1. The number of benzene rings is 2. The highest BCUT2D eigenvalue weighted by Gasteiger charge is 2.06. The van der Waals surface area contributed by atoms with Gasteiger partial charge < -0.3 is 15.2 Å². The number of carbonyl (C=O) groups excluding carboxylic acids is 1. The van der Waals surface area contributed by atoms with E-state index in [-0.39, 0.29) is 11.7 Å². The Labute approximate surface area is 136 Å². The fourth-order valence-corrected chi connectivity index (χ4v) is 2.40. The predicted molar refractivity (Wildman–Crippen MR) is 93.0 cm³/mol. The van der Waals surface area contributed by atoms with Crippen LogP contribution < -0.4 is 10.1 Å². The van der Waals surface area contributed by atoms with Crippen LogP contribution in [-0.2, 0) is 4.79 Å². The van der Waals surface area contributed by atoms with Gasteiger partial charge in [0.1, 0.15) is 11.5 Å². The summed E-state index contributed by atoms with van der Waals surface area (Å²) >= 11 is 0. The number of hydrogen-bond donors (Lipinski definition) is 2. The van der Waals surface area contributed by atoms with E-state index >= 15 is 0 Å². The third kappa shape index (κ3) is 4.13. The molecule has 2 aromatic carbocycles. The molecule has 120 valence electrons. The maximum Gasteiger partial charge on any atom is 0.248 e. The van der Waals surface area contributed by atoms with Crippen LogP contribution in [0.2, 0.25) is 0 Å². The highest BCUT2D eigenvalue weighted by molar-refractivity contribution is 6.03. The summed E-state index contributed by atoms with van der Waals surface area (Å²) in [5.41, 5.74) is 4.41. The molecule has 2 rings (SSSR count). The van der Waals surface area contributed by atoms with Crippen LogP contribution >= 0.6 is 0 Å². The molecule has 1 amide bonds. The second kappa shape index (κ2) is 7.01. The predicted octanol–water partition coefficient (Wildman–Crippen LogP) is 3.98. The van der Waals surface area contributed by atoms with Gasteiger partial charge in [-0.1, -0.05) is 6.07 Å². The molecule has 0 aromatic heterocycles. The molecule has 2 N–H and O–H groups in total. The first-order chi connectivity index (χ1) is 10.9. The van der Waals surface area contributed by atoms with Gasteiger partial charge in [0.2, 0.25) is 5.91 Å². The Kier molecular flexibility index (Phi) is 5.06. The Morgan fingerprint density at radius 2 is 1.78 bits per heavy atom. The highest BCUT2D eigenvalue weighted by Crippen LogP contribution is 2.25. The number of anilines is 1. The standard InChI is InChI=1S/C19H21NO3/c1-12-5-7-18(21)17(9-12)20-19(22)8-6-16-13(2)10-15(23-4)11-14(16)3/h5-11,21H,1-4H3,(H,20,22)/b8-6+. The Hall–Kier alpha value is -2.75. The zero-order valence-electron chi connectivity index (χ0n) is 13.8. The molecule has 0 fully saturated rings. The van der Waals surface area contributed by atoms with E-state index in [9.17, 15) is 9.90 Å². The molecule has 0 aliphatic carbocycles. The van der Waals surface area contributed by atoms with E-state index in [1.807, 2.05) is 32.9 Å². The Morgan fingerprint density at radius 3 is 2.39 bits per heavy atom. The molecule has 0 heterocycles. The lowest BCUT2D eigenvalue weighted by Gasteiger charge is -2.09. The first-order valence-corrected chi connectivity index (χ1v) is 7.34. The second-order valence-electron chi connectivity index (χ2n) is 5.52. The monoisotopic (exact) mass is 311 g/mol. The number of ether oxygens (including phenoxy) is 1. The van der Waals surface area contributed by atoms with Crippen LogP contribution in [0.15, 0.2) is 36.4 Å². The van der Waals surface area contributed by atoms with Crippen molar-refractivity contribution in [3.8, 4) is 11.5 Å². The van der Waals surface area contributed by atoms with Gasteiger partial charge in [0.15, 0.2) is 0 Å². The van der Waals surface area contributed by atoms with Crippen LogP contribution in [0.1, 0.15) is 22.3 Å². The summed E-state index contributed by atoms with van der Waals surface area (Å²) in [7, 11) is 1.63. The topological polar surface area (TPSA) is 58.6 Å². The summed E-state index contributed by atoms with van der Waals surface area (Å²) in [5, 5.41) is 12.4. The van der Waals surface area contributed by atoms with E-state index < -0.39 is 0 Å². The zero-order valence-corrected chi connectivity index (χ0v) is 13.8. The van der Waals surface area contributed by atoms with E-state index in [2.05, 4.69) is 5.32 Å². The van der Waals surface area contributed by atoms with Crippen LogP contribution in [0.4, 0.5) is 5.69 Å². The summed E-state index contributed by atoms with van der Waals surface area (Å²) in [6, 6.07) is 8.93. The number of hydrogen-bond acceptors (Lipinski definition) is 3. The quantitative estimate of drug-likeness (QED) is 0.663. The highest BCUT2D eigenvalue weighted by atomic mass is 16.5. The molecule has 0 saturated carbocycles. The smallest absolute Gasteiger partial charge is 0.248 e. The lowest BCUT2D eigenvalue weighted by Crippen LogP contribution is -2.08. The first kappa shape index (κ1) is 16.6. The van der Waals surface area contributed by atoms with Crippen molar-refractivity contribution in [3.63, 3.8) is 0 Å². The van der Waals surface area contributed by atoms with Crippen LogP contribution in [-0.4, -0.2) is 18.1 Å². The summed E-state index contributed by atoms with van der Waals surface area (Å²) in [5.74, 6) is 0.556. The maximum atomic E-state index is 12.1. The summed E-state index contributed by atoms with van der Waals surface area (Å²) in [6.07, 6.45) is 3.23. The van der Waals surface area contributed by atoms with Crippen LogP contribution in [0.5, 0.6) is 11.5 Å². The summed E-state index contributed by atoms with van der Waals surface area (Å²) in [6.45, 7) is 5.84. The van der Waals surface area contributed by atoms with E-state index in [0.717, 1.165) is 28.0 Å². The number of methoxy groups -OCH3 is 1. The van der Waals surface area contributed by atoms with Crippen LogP contribution in [0.25, 0.3) is 6.08 Å². The molecular weight excluding hydrogens is 290 g/mol. The lowest BCUT2D eigenvalue weighted by atomic mass is 10.0. The van der Waals surface area contributed by atoms with Gasteiger partial charge >= 0.3 is 0 Å². The zero-order chi connectivity index (χ0) is 17.0. The summed E-state index contributed by atoms with van der Waals surface area (Å²) < 4.78 is 5.23. The number of carbonyl (C=O) groups is 1. The third-order valence-electron chi connectivity index (χ3n) is 3.61. The number of phenols is 1. The number of aryl methyl sites for hydroxylation is 3. The van der Waals surface area contributed by atoms with Gasteiger partial charge in [0.25, 0.3) is 0 Å². The van der Waals surface area contributed by atoms with Gasteiger partial charge in [-0.2, -0.15) is 0 Å². The molecule has 0 atom stereocenters. The van der Waals surface area contributed by atoms with Crippen LogP contribution in [0.3, 0.4) is 0 Å². The molecule has 0 spiro atoms.